The average molecular weight is 251 g/mol. The molecule has 5 heteroatoms. The zero-order chi connectivity index (χ0) is 13.7. The number of aliphatic carboxylic acids is 1. The van der Waals surface area contributed by atoms with E-state index in [9.17, 15) is 14.7 Å². The van der Waals surface area contributed by atoms with Crippen LogP contribution < -0.4 is 14.7 Å². The number of hydrogen-bond acceptors (Lipinski definition) is 4. The molecule has 5 nitrogen and oxygen atoms in total. The van der Waals surface area contributed by atoms with Crippen molar-refractivity contribution >= 4 is 11.8 Å². The average Bonchev–Trinajstić information content (AvgIpc) is 2.27. The van der Waals surface area contributed by atoms with Crippen LogP contribution in [0.1, 0.15) is 15.9 Å². The molecule has 0 aliphatic heterocycles. The maximum atomic E-state index is 12.1. The number of rotatable bonds is 6. The molecule has 0 aliphatic rings. The van der Waals surface area contributed by atoms with E-state index in [1.54, 1.807) is 19.2 Å². The number of carboxylic acid groups (broad SMARTS) is 1. The van der Waals surface area contributed by atoms with E-state index in [2.05, 4.69) is 0 Å². The van der Waals surface area contributed by atoms with Crippen LogP contribution in [0.4, 0.5) is 0 Å². The molecule has 0 saturated carbocycles. The van der Waals surface area contributed by atoms with Crippen molar-refractivity contribution in [2.75, 3.05) is 27.2 Å². The molecular formula is C13H17NO4. The fraction of sp³-hybridized carbons (Fsp3) is 0.385. The summed E-state index contributed by atoms with van der Waals surface area (Å²) in [5, 5.41) is 10.4. The zero-order valence-electron chi connectivity index (χ0n) is 10.8. The number of likely N-dealkylation sites (N-methyl/N-ethyl adjacent to an activating group) is 1. The van der Waals surface area contributed by atoms with Crippen molar-refractivity contribution in [1.82, 2.24) is 0 Å². The third-order valence-electron chi connectivity index (χ3n) is 2.56. The summed E-state index contributed by atoms with van der Waals surface area (Å²) in [5.74, 6) is -0.808. The highest BCUT2D eigenvalue weighted by Crippen LogP contribution is 2.19. The van der Waals surface area contributed by atoms with Crippen LogP contribution in [0, 0.1) is 6.92 Å². The molecule has 98 valence electrons. The van der Waals surface area contributed by atoms with E-state index < -0.39 is 5.97 Å². The highest BCUT2D eigenvalue weighted by Gasteiger charge is 2.16. The number of ketones is 1. The SMILES string of the molecule is COc1ccc(C)cc1C(=O)C[NH+](C)CC(=O)[O-]. The molecule has 0 spiro atoms. The molecule has 0 bridgehead atoms. The van der Waals surface area contributed by atoms with Gasteiger partial charge in [-0.1, -0.05) is 11.6 Å². The zero-order valence-corrected chi connectivity index (χ0v) is 10.8. The summed E-state index contributed by atoms with van der Waals surface area (Å²) < 4.78 is 5.13. The van der Waals surface area contributed by atoms with Gasteiger partial charge in [-0.15, -0.1) is 0 Å². The number of nitrogens with one attached hydrogen (secondary N) is 1. The fourth-order valence-corrected chi connectivity index (χ4v) is 1.72. The van der Waals surface area contributed by atoms with Gasteiger partial charge in [-0.05, 0) is 19.1 Å². The van der Waals surface area contributed by atoms with Gasteiger partial charge >= 0.3 is 0 Å². The summed E-state index contributed by atoms with van der Waals surface area (Å²) in [6.07, 6.45) is 0. The van der Waals surface area contributed by atoms with E-state index in [0.717, 1.165) is 5.56 Å². The Morgan fingerprint density at radius 1 is 1.33 bits per heavy atom. The Kier molecular flexibility index (Phi) is 4.85. The van der Waals surface area contributed by atoms with Crippen LogP contribution in [0.2, 0.25) is 0 Å². The lowest BCUT2D eigenvalue weighted by Crippen LogP contribution is -3.11. The Labute approximate surface area is 106 Å². The molecule has 1 rings (SSSR count). The number of Topliss-reactive ketones (excluding diaryl/α,β-unsaturated/α-hetero) is 1. The van der Waals surface area contributed by atoms with Crippen molar-refractivity contribution in [1.29, 1.82) is 0 Å². The van der Waals surface area contributed by atoms with Crippen LogP contribution >= 0.6 is 0 Å². The number of carbonyl (C=O) groups excluding carboxylic acids is 2. The minimum absolute atomic E-state index is 0.0911. The van der Waals surface area contributed by atoms with Crippen LogP contribution in [0.5, 0.6) is 5.75 Å². The summed E-state index contributed by atoms with van der Waals surface area (Å²) >= 11 is 0. The standard InChI is InChI=1S/C13H17NO4/c1-9-4-5-12(18-3)10(6-9)11(15)7-14(2)8-13(16)17/h4-6H,7-8H2,1-3H3,(H,16,17). The molecule has 0 aliphatic carbocycles. The van der Waals surface area contributed by atoms with Gasteiger partial charge in [0.2, 0.25) is 5.78 Å². The molecule has 0 heterocycles. The summed E-state index contributed by atoms with van der Waals surface area (Å²) in [6.45, 7) is 1.78. The van der Waals surface area contributed by atoms with E-state index in [0.29, 0.717) is 16.2 Å². The summed E-state index contributed by atoms with van der Waals surface area (Å²) in [7, 11) is 3.13. The van der Waals surface area contributed by atoms with Gasteiger partial charge in [-0.25, -0.2) is 0 Å². The van der Waals surface area contributed by atoms with Crippen LogP contribution in [0.15, 0.2) is 18.2 Å². The number of aryl methyl sites for hydroxylation is 1. The third kappa shape index (κ3) is 3.85. The van der Waals surface area contributed by atoms with Gasteiger partial charge in [0, 0.05) is 0 Å². The van der Waals surface area contributed by atoms with Crippen molar-refractivity contribution in [3.8, 4) is 5.75 Å². The molecule has 1 N–H and O–H groups in total. The number of ether oxygens (including phenoxy) is 1. The van der Waals surface area contributed by atoms with Gasteiger partial charge in [0.05, 0.1) is 25.7 Å². The lowest BCUT2D eigenvalue weighted by atomic mass is 10.1. The molecule has 0 fully saturated rings. The molecule has 18 heavy (non-hydrogen) atoms. The van der Waals surface area contributed by atoms with Crippen LogP contribution in [-0.4, -0.2) is 39.0 Å². The van der Waals surface area contributed by atoms with Crippen molar-refractivity contribution in [2.45, 2.75) is 6.92 Å². The smallest absolute Gasteiger partial charge is 0.220 e. The van der Waals surface area contributed by atoms with Gasteiger partial charge in [0.15, 0.2) is 0 Å². The molecule has 0 saturated heterocycles. The number of carbonyl (C=O) groups is 2. The number of quaternary nitrogens is 1. The first-order chi connectivity index (χ1) is 8.43. The topological polar surface area (TPSA) is 70.9 Å². The number of methoxy groups -OCH3 is 1. The normalized spacial score (nSPS) is 11.9. The van der Waals surface area contributed by atoms with E-state index in [1.807, 2.05) is 13.0 Å². The van der Waals surface area contributed by atoms with Gasteiger partial charge in [0.1, 0.15) is 18.8 Å². The van der Waals surface area contributed by atoms with Crippen molar-refractivity contribution < 1.29 is 24.3 Å². The highest BCUT2D eigenvalue weighted by molar-refractivity contribution is 5.99. The molecule has 0 radical (unpaired) electrons. The Bertz CT molecular complexity index is 456. The molecular weight excluding hydrogens is 234 g/mol. The maximum Gasteiger partial charge on any atom is 0.220 e. The van der Waals surface area contributed by atoms with E-state index in [1.165, 1.54) is 7.11 Å². The first-order valence-electron chi connectivity index (χ1n) is 5.63. The van der Waals surface area contributed by atoms with Crippen LogP contribution in [0.25, 0.3) is 0 Å². The fourth-order valence-electron chi connectivity index (χ4n) is 1.72. The lowest BCUT2D eigenvalue weighted by molar-refractivity contribution is -0.864. The van der Waals surface area contributed by atoms with Crippen LogP contribution in [0.3, 0.4) is 0 Å². The third-order valence-corrected chi connectivity index (χ3v) is 2.56. The largest absolute Gasteiger partial charge is 0.544 e. The van der Waals surface area contributed by atoms with E-state index >= 15 is 0 Å². The second-order valence-corrected chi connectivity index (χ2v) is 4.31. The number of carboxylic acids is 1. The maximum absolute atomic E-state index is 12.1. The van der Waals surface area contributed by atoms with E-state index in [-0.39, 0.29) is 18.9 Å². The predicted molar refractivity (Wildman–Crippen MR) is 63.7 cm³/mol. The van der Waals surface area contributed by atoms with Gasteiger partial charge < -0.3 is 19.5 Å². The van der Waals surface area contributed by atoms with Crippen molar-refractivity contribution in [3.05, 3.63) is 29.3 Å². The summed E-state index contributed by atoms with van der Waals surface area (Å²) in [6, 6.07) is 5.33. The Balaban J connectivity index is 2.83. The van der Waals surface area contributed by atoms with Crippen molar-refractivity contribution in [2.24, 2.45) is 0 Å². The molecule has 0 aromatic heterocycles. The minimum Gasteiger partial charge on any atom is -0.544 e. The first-order valence-corrected chi connectivity index (χ1v) is 5.63. The highest BCUT2D eigenvalue weighted by atomic mass is 16.5. The van der Waals surface area contributed by atoms with E-state index in [4.69, 9.17) is 4.74 Å². The second kappa shape index (κ2) is 6.16. The van der Waals surface area contributed by atoms with Crippen molar-refractivity contribution in [3.63, 3.8) is 0 Å². The minimum atomic E-state index is -1.17. The summed E-state index contributed by atoms with van der Waals surface area (Å²) in [5.41, 5.74) is 1.44. The molecule has 1 atom stereocenters. The predicted octanol–water partition coefficient (Wildman–Crippen LogP) is -1.55. The second-order valence-electron chi connectivity index (χ2n) is 4.31. The van der Waals surface area contributed by atoms with Gasteiger partial charge in [-0.2, -0.15) is 0 Å². The Morgan fingerprint density at radius 2 is 2.00 bits per heavy atom. The molecule has 1 aromatic carbocycles. The van der Waals surface area contributed by atoms with Crippen LogP contribution in [-0.2, 0) is 4.79 Å². The molecule has 0 amide bonds. The van der Waals surface area contributed by atoms with Gasteiger partial charge in [-0.3, -0.25) is 4.79 Å². The first kappa shape index (κ1) is 14.2. The number of benzene rings is 1. The Hall–Kier alpha value is -1.88. The molecule has 1 unspecified atom stereocenters. The summed E-state index contributed by atoms with van der Waals surface area (Å²) in [4.78, 5) is 23.1. The number of hydrogen-bond donors (Lipinski definition) is 1. The van der Waals surface area contributed by atoms with Gasteiger partial charge in [0.25, 0.3) is 0 Å². The quantitative estimate of drug-likeness (QED) is 0.621. The monoisotopic (exact) mass is 251 g/mol. The lowest BCUT2D eigenvalue weighted by Gasteiger charge is -2.14. The Morgan fingerprint density at radius 3 is 2.56 bits per heavy atom. The molecule has 1 aromatic rings.